The summed E-state index contributed by atoms with van der Waals surface area (Å²) in [6.07, 6.45) is -4.16. The highest BCUT2D eigenvalue weighted by Gasteiger charge is 2.43. The van der Waals surface area contributed by atoms with Gasteiger partial charge in [0.1, 0.15) is 16.9 Å². The lowest BCUT2D eigenvalue weighted by atomic mass is 10.1. The molecule has 1 aliphatic rings. The standard InChI is InChI=1S/C10H12N4O5S/c1-2-3(15)4(16)8(19-2)14-6-5(20-10(14)18)7(17)13-9(11)12-6/h2-4,8,15-16H,1H3,(H3,11,12,13,17)/t2-,3-,4-,8-/m1/s1. The van der Waals surface area contributed by atoms with Gasteiger partial charge < -0.3 is 20.7 Å². The van der Waals surface area contributed by atoms with Crippen LogP contribution in [0.1, 0.15) is 13.2 Å². The summed E-state index contributed by atoms with van der Waals surface area (Å²) < 4.78 is 6.51. The summed E-state index contributed by atoms with van der Waals surface area (Å²) in [5.74, 6) is -0.143. The second-order valence-electron chi connectivity index (χ2n) is 4.55. The molecule has 0 radical (unpaired) electrons. The third kappa shape index (κ3) is 1.77. The van der Waals surface area contributed by atoms with Gasteiger partial charge in [0, 0.05) is 0 Å². The molecule has 2 aromatic rings. The number of ether oxygens (including phenoxy) is 1. The lowest BCUT2D eigenvalue weighted by Crippen LogP contribution is -2.33. The first-order chi connectivity index (χ1) is 9.40. The maximum atomic E-state index is 12.0. The van der Waals surface area contributed by atoms with Gasteiger partial charge >= 0.3 is 4.87 Å². The van der Waals surface area contributed by atoms with Crippen LogP contribution in [0, 0.1) is 0 Å². The molecular formula is C10H12N4O5S. The molecule has 1 saturated heterocycles. The Morgan fingerprint density at radius 2 is 2.10 bits per heavy atom. The molecule has 108 valence electrons. The van der Waals surface area contributed by atoms with Crippen LogP contribution in [-0.2, 0) is 4.74 Å². The second-order valence-corrected chi connectivity index (χ2v) is 5.52. The number of aliphatic hydroxyl groups is 2. The van der Waals surface area contributed by atoms with Crippen LogP contribution < -0.4 is 16.2 Å². The van der Waals surface area contributed by atoms with E-state index in [1.54, 1.807) is 6.92 Å². The van der Waals surface area contributed by atoms with E-state index in [0.717, 1.165) is 4.57 Å². The number of hydrogen-bond acceptors (Lipinski definition) is 8. The molecule has 10 heteroatoms. The summed E-state index contributed by atoms with van der Waals surface area (Å²) in [7, 11) is 0. The van der Waals surface area contributed by atoms with Gasteiger partial charge in [-0.3, -0.25) is 19.1 Å². The molecule has 3 heterocycles. The number of rotatable bonds is 1. The molecule has 3 rings (SSSR count). The Balaban J connectivity index is 2.25. The summed E-state index contributed by atoms with van der Waals surface area (Å²) in [4.78, 5) is 29.4. The van der Waals surface area contributed by atoms with Crippen molar-refractivity contribution in [1.82, 2.24) is 14.5 Å². The van der Waals surface area contributed by atoms with Gasteiger partial charge in [-0.2, -0.15) is 4.98 Å². The van der Waals surface area contributed by atoms with Crippen LogP contribution >= 0.6 is 11.3 Å². The van der Waals surface area contributed by atoms with Gasteiger partial charge in [0.05, 0.1) is 6.10 Å². The normalized spacial score (nSPS) is 30.1. The van der Waals surface area contributed by atoms with Crippen LogP contribution in [0.15, 0.2) is 9.59 Å². The summed E-state index contributed by atoms with van der Waals surface area (Å²) in [6.45, 7) is 1.57. The molecule has 0 unspecified atom stereocenters. The average Bonchev–Trinajstić information content (AvgIpc) is 2.82. The van der Waals surface area contributed by atoms with Gasteiger partial charge in [0.2, 0.25) is 5.95 Å². The molecule has 5 N–H and O–H groups in total. The largest absolute Gasteiger partial charge is 0.388 e. The Kier molecular flexibility index (Phi) is 2.90. The predicted molar refractivity (Wildman–Crippen MR) is 70.5 cm³/mol. The molecule has 0 aromatic carbocycles. The van der Waals surface area contributed by atoms with Crippen molar-refractivity contribution in [2.45, 2.75) is 31.5 Å². The summed E-state index contributed by atoms with van der Waals surface area (Å²) >= 11 is 0.678. The number of aromatic amines is 1. The van der Waals surface area contributed by atoms with E-state index in [-0.39, 0.29) is 16.3 Å². The minimum absolute atomic E-state index is 0.0339. The number of nitrogens with one attached hydrogen (secondary N) is 1. The van der Waals surface area contributed by atoms with E-state index in [2.05, 4.69) is 9.97 Å². The first-order valence-corrected chi connectivity index (χ1v) is 6.64. The maximum absolute atomic E-state index is 12.0. The topological polar surface area (TPSA) is 143 Å². The van der Waals surface area contributed by atoms with Crippen molar-refractivity contribution in [2.75, 3.05) is 5.73 Å². The van der Waals surface area contributed by atoms with Crippen LogP contribution in [-0.4, -0.2) is 43.1 Å². The fourth-order valence-corrected chi connectivity index (χ4v) is 3.05. The summed E-state index contributed by atoms with van der Waals surface area (Å²) in [6, 6.07) is 0. The first-order valence-electron chi connectivity index (χ1n) is 5.82. The van der Waals surface area contributed by atoms with E-state index >= 15 is 0 Å². The number of anilines is 1. The van der Waals surface area contributed by atoms with Crippen LogP contribution in [0.3, 0.4) is 0 Å². The Morgan fingerprint density at radius 3 is 2.70 bits per heavy atom. The highest BCUT2D eigenvalue weighted by atomic mass is 32.1. The number of H-pyrrole nitrogens is 1. The summed E-state index contributed by atoms with van der Waals surface area (Å²) in [5.41, 5.74) is 4.96. The fourth-order valence-electron chi connectivity index (χ4n) is 2.21. The Labute approximate surface area is 115 Å². The molecule has 0 aliphatic carbocycles. The monoisotopic (exact) mass is 300 g/mol. The average molecular weight is 300 g/mol. The van der Waals surface area contributed by atoms with Gasteiger partial charge in [-0.15, -0.1) is 0 Å². The van der Waals surface area contributed by atoms with E-state index in [0.29, 0.717) is 11.3 Å². The third-order valence-corrected chi connectivity index (χ3v) is 4.17. The minimum Gasteiger partial charge on any atom is -0.388 e. The van der Waals surface area contributed by atoms with E-state index in [1.807, 2.05) is 0 Å². The number of aromatic nitrogens is 3. The number of fused-ring (bicyclic) bond motifs is 1. The predicted octanol–water partition coefficient (Wildman–Crippen LogP) is -1.63. The Morgan fingerprint density at radius 1 is 1.40 bits per heavy atom. The van der Waals surface area contributed by atoms with Gasteiger partial charge in [0.15, 0.2) is 11.9 Å². The fraction of sp³-hybridized carbons (Fsp3) is 0.500. The molecule has 1 aliphatic heterocycles. The highest BCUT2D eigenvalue weighted by Crippen LogP contribution is 2.30. The van der Waals surface area contributed by atoms with Crippen molar-refractivity contribution < 1.29 is 14.9 Å². The van der Waals surface area contributed by atoms with Crippen molar-refractivity contribution in [3.8, 4) is 0 Å². The van der Waals surface area contributed by atoms with Crippen molar-refractivity contribution in [2.24, 2.45) is 0 Å². The second kappa shape index (κ2) is 4.38. The van der Waals surface area contributed by atoms with Crippen molar-refractivity contribution in [3.05, 3.63) is 20.0 Å². The van der Waals surface area contributed by atoms with E-state index in [4.69, 9.17) is 10.5 Å². The molecule has 1 fully saturated rings. The minimum atomic E-state index is -1.29. The lowest BCUT2D eigenvalue weighted by molar-refractivity contribution is -0.0309. The van der Waals surface area contributed by atoms with E-state index < -0.39 is 35.0 Å². The quantitative estimate of drug-likeness (QED) is 0.495. The first kappa shape index (κ1) is 13.2. The van der Waals surface area contributed by atoms with Crippen LogP contribution in [0.4, 0.5) is 5.95 Å². The van der Waals surface area contributed by atoms with Crippen LogP contribution in [0.2, 0.25) is 0 Å². The zero-order chi connectivity index (χ0) is 14.6. The van der Waals surface area contributed by atoms with Crippen molar-refractivity contribution in [3.63, 3.8) is 0 Å². The number of nitrogens with zero attached hydrogens (tertiary/aromatic N) is 2. The SMILES string of the molecule is C[C@H]1O[C@@H](n2c(=O)sc3c(=O)[nH]c(N)nc32)[C@H](O)[C@@H]1O. The number of nitrogen functional groups attached to an aromatic ring is 1. The van der Waals surface area contributed by atoms with E-state index in [1.165, 1.54) is 0 Å². The van der Waals surface area contributed by atoms with Gasteiger partial charge in [-0.05, 0) is 6.92 Å². The zero-order valence-corrected chi connectivity index (χ0v) is 11.1. The van der Waals surface area contributed by atoms with Crippen LogP contribution in [0.5, 0.6) is 0 Å². The Bertz CT molecular complexity index is 780. The van der Waals surface area contributed by atoms with Gasteiger partial charge in [0.25, 0.3) is 5.56 Å². The highest BCUT2D eigenvalue weighted by molar-refractivity contribution is 7.16. The lowest BCUT2D eigenvalue weighted by Gasteiger charge is -2.15. The number of thiazole rings is 1. The zero-order valence-electron chi connectivity index (χ0n) is 10.3. The number of hydrogen-bond donors (Lipinski definition) is 4. The molecule has 2 aromatic heterocycles. The van der Waals surface area contributed by atoms with Gasteiger partial charge in [-0.1, -0.05) is 11.3 Å². The maximum Gasteiger partial charge on any atom is 0.311 e. The molecule has 20 heavy (non-hydrogen) atoms. The number of aliphatic hydroxyl groups excluding tert-OH is 2. The van der Waals surface area contributed by atoms with Crippen molar-refractivity contribution >= 4 is 27.6 Å². The smallest absolute Gasteiger partial charge is 0.311 e. The van der Waals surface area contributed by atoms with E-state index in [9.17, 15) is 19.8 Å². The van der Waals surface area contributed by atoms with Gasteiger partial charge in [-0.25, -0.2) is 0 Å². The van der Waals surface area contributed by atoms with Crippen molar-refractivity contribution in [1.29, 1.82) is 0 Å². The molecule has 0 amide bonds. The molecule has 4 atom stereocenters. The Hall–Kier alpha value is -1.75. The number of nitrogens with two attached hydrogens (primary N) is 1. The molecule has 0 spiro atoms. The third-order valence-electron chi connectivity index (χ3n) is 3.22. The molecule has 0 bridgehead atoms. The molecule has 9 nitrogen and oxygen atoms in total. The summed E-state index contributed by atoms with van der Waals surface area (Å²) in [5, 5.41) is 19.7. The molecule has 0 saturated carbocycles. The molecular weight excluding hydrogens is 288 g/mol. The van der Waals surface area contributed by atoms with Crippen LogP contribution in [0.25, 0.3) is 10.3 Å².